The van der Waals surface area contributed by atoms with Crippen molar-refractivity contribution in [3.05, 3.63) is 65.2 Å². The second kappa shape index (κ2) is 6.91. The Kier molecular flexibility index (Phi) is 5.18. The van der Waals surface area contributed by atoms with E-state index in [0.29, 0.717) is 5.56 Å². The van der Waals surface area contributed by atoms with Crippen LogP contribution in [0.4, 0.5) is 0 Å². The second-order valence-electron chi connectivity index (χ2n) is 4.42. The number of hydrogen-bond acceptors (Lipinski definition) is 4. The van der Waals surface area contributed by atoms with Gasteiger partial charge in [0.25, 0.3) is 0 Å². The third-order valence-corrected chi connectivity index (χ3v) is 4.89. The van der Waals surface area contributed by atoms with E-state index in [1.807, 2.05) is 0 Å². The zero-order chi connectivity index (χ0) is 16.2. The summed E-state index contributed by atoms with van der Waals surface area (Å²) in [5.74, 6) is -0.707. The van der Waals surface area contributed by atoms with Gasteiger partial charge in [-0.25, -0.2) is 13.2 Å². The minimum atomic E-state index is -3.98. The first-order valence-corrected chi connectivity index (χ1v) is 8.21. The van der Waals surface area contributed by atoms with Crippen molar-refractivity contribution >= 4 is 27.6 Å². The van der Waals surface area contributed by atoms with E-state index < -0.39 is 22.0 Å². The lowest BCUT2D eigenvalue weighted by molar-refractivity contribution is -0.142. The smallest absolute Gasteiger partial charge is 0.328 e. The van der Waals surface area contributed by atoms with Gasteiger partial charge in [0.2, 0.25) is 10.0 Å². The summed E-state index contributed by atoms with van der Waals surface area (Å²) in [4.78, 5) is 11.8. The van der Waals surface area contributed by atoms with E-state index in [1.54, 1.807) is 42.5 Å². The summed E-state index contributed by atoms with van der Waals surface area (Å²) in [6.45, 7) is 0. The lowest BCUT2D eigenvalue weighted by Gasteiger charge is -2.17. The predicted molar refractivity (Wildman–Crippen MR) is 83.0 cm³/mol. The number of ether oxygens (including phenoxy) is 1. The Labute approximate surface area is 133 Å². The van der Waals surface area contributed by atoms with Gasteiger partial charge in [0, 0.05) is 0 Å². The van der Waals surface area contributed by atoms with E-state index in [1.165, 1.54) is 19.2 Å². The zero-order valence-electron chi connectivity index (χ0n) is 11.7. The standard InChI is InChI=1S/C15H14ClNO4S/c1-21-15(18)14(11-7-3-2-4-8-11)17-22(19,20)13-10-6-5-9-12(13)16/h2-10,14,17H,1H3/t14-/m0/s1. The molecule has 0 amide bonds. The molecule has 0 saturated carbocycles. The molecule has 0 bridgehead atoms. The fraction of sp³-hybridized carbons (Fsp3) is 0.133. The van der Waals surface area contributed by atoms with E-state index in [4.69, 9.17) is 11.6 Å². The van der Waals surface area contributed by atoms with Gasteiger partial charge >= 0.3 is 5.97 Å². The van der Waals surface area contributed by atoms with Gasteiger partial charge in [-0.15, -0.1) is 0 Å². The van der Waals surface area contributed by atoms with Crippen LogP contribution < -0.4 is 4.72 Å². The lowest BCUT2D eigenvalue weighted by atomic mass is 10.1. The Balaban J connectivity index is 2.39. The van der Waals surface area contributed by atoms with E-state index in [2.05, 4.69) is 9.46 Å². The number of hydrogen-bond donors (Lipinski definition) is 1. The number of carbonyl (C=O) groups excluding carboxylic acids is 1. The molecule has 2 aromatic rings. The number of benzene rings is 2. The van der Waals surface area contributed by atoms with Crippen molar-refractivity contribution < 1.29 is 17.9 Å². The molecule has 0 fully saturated rings. The first kappa shape index (κ1) is 16.5. The van der Waals surface area contributed by atoms with Gasteiger partial charge in [0.05, 0.1) is 12.1 Å². The monoisotopic (exact) mass is 339 g/mol. The van der Waals surface area contributed by atoms with Crippen LogP contribution in [0.2, 0.25) is 5.02 Å². The van der Waals surface area contributed by atoms with Crippen LogP contribution in [0.5, 0.6) is 0 Å². The molecule has 0 spiro atoms. The normalized spacial score (nSPS) is 12.6. The molecular formula is C15H14ClNO4S. The maximum atomic E-state index is 12.5. The minimum Gasteiger partial charge on any atom is -0.468 e. The van der Waals surface area contributed by atoms with Crippen LogP contribution in [0, 0.1) is 0 Å². The molecule has 116 valence electrons. The highest BCUT2D eigenvalue weighted by Crippen LogP contribution is 2.23. The van der Waals surface area contributed by atoms with Gasteiger partial charge in [-0.05, 0) is 17.7 Å². The van der Waals surface area contributed by atoms with Crippen LogP contribution in [0.25, 0.3) is 0 Å². The lowest BCUT2D eigenvalue weighted by Crippen LogP contribution is -2.34. The molecule has 0 aliphatic rings. The van der Waals surface area contributed by atoms with Crippen LogP contribution in [0.1, 0.15) is 11.6 Å². The Morgan fingerprint density at radius 2 is 1.68 bits per heavy atom. The largest absolute Gasteiger partial charge is 0.468 e. The highest BCUT2D eigenvalue weighted by Gasteiger charge is 2.28. The Morgan fingerprint density at radius 1 is 1.09 bits per heavy atom. The quantitative estimate of drug-likeness (QED) is 0.850. The number of carbonyl (C=O) groups is 1. The van der Waals surface area contributed by atoms with Crippen LogP contribution >= 0.6 is 11.6 Å². The van der Waals surface area contributed by atoms with Gasteiger partial charge in [-0.2, -0.15) is 4.72 Å². The molecule has 2 rings (SSSR count). The molecule has 2 aromatic carbocycles. The van der Waals surface area contributed by atoms with Crippen molar-refractivity contribution in [1.29, 1.82) is 0 Å². The number of esters is 1. The fourth-order valence-corrected chi connectivity index (χ4v) is 3.59. The van der Waals surface area contributed by atoms with E-state index in [0.717, 1.165) is 0 Å². The summed E-state index contributed by atoms with van der Waals surface area (Å²) >= 11 is 5.92. The first-order chi connectivity index (χ1) is 10.5. The number of halogens is 1. The van der Waals surface area contributed by atoms with Gasteiger partial charge < -0.3 is 4.74 Å². The van der Waals surface area contributed by atoms with Crippen LogP contribution in [-0.2, 0) is 19.6 Å². The molecule has 5 nitrogen and oxygen atoms in total. The topological polar surface area (TPSA) is 72.5 Å². The highest BCUT2D eigenvalue weighted by molar-refractivity contribution is 7.89. The maximum absolute atomic E-state index is 12.5. The molecule has 0 radical (unpaired) electrons. The molecule has 0 unspecified atom stereocenters. The summed E-state index contributed by atoms with van der Waals surface area (Å²) in [6, 6.07) is 13.3. The number of sulfonamides is 1. The number of nitrogens with one attached hydrogen (secondary N) is 1. The Hall–Kier alpha value is -1.89. The third kappa shape index (κ3) is 3.65. The molecule has 1 N–H and O–H groups in total. The molecule has 0 heterocycles. The van der Waals surface area contributed by atoms with Crippen LogP contribution in [0.15, 0.2) is 59.5 Å². The molecule has 7 heteroatoms. The fourth-order valence-electron chi connectivity index (χ4n) is 1.90. The SMILES string of the molecule is COC(=O)[C@@H](NS(=O)(=O)c1ccccc1Cl)c1ccccc1. The summed E-state index contributed by atoms with van der Waals surface area (Å²) in [7, 11) is -2.78. The molecule has 0 aliphatic heterocycles. The zero-order valence-corrected chi connectivity index (χ0v) is 13.3. The summed E-state index contributed by atoms with van der Waals surface area (Å²) < 4.78 is 31.9. The second-order valence-corrected chi connectivity index (χ2v) is 6.51. The van der Waals surface area contributed by atoms with Crippen molar-refractivity contribution in [2.24, 2.45) is 0 Å². The molecule has 0 aromatic heterocycles. The Morgan fingerprint density at radius 3 is 2.27 bits per heavy atom. The van der Waals surface area contributed by atoms with Crippen molar-refractivity contribution in [3.63, 3.8) is 0 Å². The average molecular weight is 340 g/mol. The van der Waals surface area contributed by atoms with Crippen molar-refractivity contribution in [2.75, 3.05) is 7.11 Å². The van der Waals surface area contributed by atoms with Crippen molar-refractivity contribution in [2.45, 2.75) is 10.9 Å². The maximum Gasteiger partial charge on any atom is 0.328 e. The van der Waals surface area contributed by atoms with E-state index in [9.17, 15) is 13.2 Å². The van der Waals surface area contributed by atoms with Crippen molar-refractivity contribution in [1.82, 2.24) is 4.72 Å². The van der Waals surface area contributed by atoms with Gasteiger partial charge in [-0.3, -0.25) is 0 Å². The highest BCUT2D eigenvalue weighted by atomic mass is 35.5. The van der Waals surface area contributed by atoms with Crippen molar-refractivity contribution in [3.8, 4) is 0 Å². The summed E-state index contributed by atoms with van der Waals surface area (Å²) in [6.07, 6.45) is 0. The van der Waals surface area contributed by atoms with Gasteiger partial charge in [0.15, 0.2) is 0 Å². The van der Waals surface area contributed by atoms with E-state index >= 15 is 0 Å². The number of rotatable bonds is 5. The summed E-state index contributed by atoms with van der Waals surface area (Å²) in [5.41, 5.74) is 0.477. The number of methoxy groups -OCH3 is 1. The average Bonchev–Trinajstić information content (AvgIpc) is 2.53. The minimum absolute atomic E-state index is 0.0756. The Bertz CT molecular complexity index is 762. The predicted octanol–water partition coefficient (Wildman–Crippen LogP) is 2.53. The van der Waals surface area contributed by atoms with Gasteiger partial charge in [0.1, 0.15) is 10.9 Å². The van der Waals surface area contributed by atoms with E-state index in [-0.39, 0.29) is 9.92 Å². The molecule has 0 aliphatic carbocycles. The first-order valence-electron chi connectivity index (χ1n) is 6.35. The van der Waals surface area contributed by atoms with Gasteiger partial charge in [-0.1, -0.05) is 54.1 Å². The molecular weight excluding hydrogens is 326 g/mol. The van der Waals surface area contributed by atoms with Crippen LogP contribution in [-0.4, -0.2) is 21.5 Å². The molecule has 22 heavy (non-hydrogen) atoms. The molecule has 0 saturated heterocycles. The summed E-state index contributed by atoms with van der Waals surface area (Å²) in [5, 5.41) is 0.0756. The van der Waals surface area contributed by atoms with Crippen LogP contribution in [0.3, 0.4) is 0 Å². The third-order valence-electron chi connectivity index (χ3n) is 2.97. The molecule has 1 atom stereocenters.